The second-order valence-corrected chi connectivity index (χ2v) is 7.66. The molecule has 3 aromatic carbocycles. The summed E-state index contributed by atoms with van der Waals surface area (Å²) in [6, 6.07) is 19.5. The molecule has 0 aliphatic heterocycles. The highest BCUT2D eigenvalue weighted by molar-refractivity contribution is 6.00. The smallest absolute Gasteiger partial charge is 0.244 e. The number of hydrogen-bond donors (Lipinski definition) is 2. The van der Waals surface area contributed by atoms with Gasteiger partial charge in [-0.1, -0.05) is 48.5 Å². The zero-order valence-electron chi connectivity index (χ0n) is 19.2. The Balaban J connectivity index is 1.44. The van der Waals surface area contributed by atoms with Crippen molar-refractivity contribution in [3.63, 3.8) is 0 Å². The Morgan fingerprint density at radius 2 is 1.67 bits per heavy atom. The number of benzene rings is 3. The Morgan fingerprint density at radius 3 is 2.45 bits per heavy atom. The lowest BCUT2D eigenvalue weighted by Crippen LogP contribution is -2.28. The summed E-state index contributed by atoms with van der Waals surface area (Å²) in [6.45, 7) is 2.20. The van der Waals surface area contributed by atoms with Gasteiger partial charge in [-0.15, -0.1) is 0 Å². The van der Waals surface area contributed by atoms with Gasteiger partial charge in [-0.2, -0.15) is 5.10 Å². The Bertz CT molecular complexity index is 1150. The summed E-state index contributed by atoms with van der Waals surface area (Å²) in [7, 11) is 3.18. The number of nitrogens with zero attached hydrogens (tertiary/aromatic N) is 1. The van der Waals surface area contributed by atoms with Crippen molar-refractivity contribution in [1.82, 2.24) is 10.7 Å². The molecule has 0 spiro atoms. The van der Waals surface area contributed by atoms with Crippen molar-refractivity contribution >= 4 is 28.3 Å². The monoisotopic (exact) mass is 447 g/mol. The molecular weight excluding hydrogens is 418 g/mol. The molecule has 0 aliphatic rings. The first-order chi connectivity index (χ1) is 16.0. The number of hydrazone groups is 1. The van der Waals surface area contributed by atoms with E-state index in [9.17, 15) is 9.59 Å². The highest BCUT2D eigenvalue weighted by atomic mass is 16.5. The fourth-order valence-electron chi connectivity index (χ4n) is 3.53. The molecule has 0 saturated carbocycles. The van der Waals surface area contributed by atoms with Crippen LogP contribution in [0.1, 0.15) is 24.5 Å². The molecule has 33 heavy (non-hydrogen) atoms. The summed E-state index contributed by atoms with van der Waals surface area (Å²) in [6.07, 6.45) is 0.986. The third-order valence-electron chi connectivity index (χ3n) is 5.20. The molecule has 7 nitrogen and oxygen atoms in total. The molecule has 172 valence electrons. The summed E-state index contributed by atoms with van der Waals surface area (Å²) in [5.74, 6) is 0.947. The first-order valence-corrected chi connectivity index (χ1v) is 10.8. The lowest BCUT2D eigenvalue weighted by molar-refractivity contribution is -0.121. The number of carbonyl (C=O) groups excluding carboxylic acids is 2. The van der Waals surface area contributed by atoms with Gasteiger partial charge in [0.15, 0.2) is 11.5 Å². The highest BCUT2D eigenvalue weighted by Crippen LogP contribution is 2.27. The first kappa shape index (κ1) is 23.8. The molecule has 0 bridgehead atoms. The van der Waals surface area contributed by atoms with Crippen molar-refractivity contribution in [3.05, 3.63) is 71.8 Å². The number of carbonyl (C=O) groups is 2. The largest absolute Gasteiger partial charge is 0.493 e. The summed E-state index contributed by atoms with van der Waals surface area (Å²) in [5.41, 5.74) is 5.05. The predicted octanol–water partition coefficient (Wildman–Crippen LogP) is 3.64. The summed E-state index contributed by atoms with van der Waals surface area (Å²) >= 11 is 0. The minimum absolute atomic E-state index is 0.112. The Kier molecular flexibility index (Phi) is 8.41. The molecule has 0 unspecified atom stereocenters. The van der Waals surface area contributed by atoms with Gasteiger partial charge in [0.25, 0.3) is 0 Å². The minimum Gasteiger partial charge on any atom is -0.493 e. The maximum absolute atomic E-state index is 12.3. The zero-order valence-corrected chi connectivity index (χ0v) is 19.2. The Morgan fingerprint density at radius 1 is 0.909 bits per heavy atom. The van der Waals surface area contributed by atoms with Crippen LogP contribution in [-0.2, 0) is 22.4 Å². The van der Waals surface area contributed by atoms with E-state index in [1.807, 2.05) is 60.7 Å². The average Bonchev–Trinajstić information content (AvgIpc) is 2.83. The van der Waals surface area contributed by atoms with Crippen molar-refractivity contribution in [2.75, 3.05) is 20.8 Å². The molecule has 7 heteroatoms. The molecule has 0 radical (unpaired) electrons. The number of rotatable bonds is 10. The Hall–Kier alpha value is -3.87. The molecule has 0 heterocycles. The van der Waals surface area contributed by atoms with Crippen molar-refractivity contribution < 1.29 is 19.1 Å². The third kappa shape index (κ3) is 6.80. The van der Waals surface area contributed by atoms with E-state index in [0.29, 0.717) is 30.2 Å². The number of methoxy groups -OCH3 is 2. The minimum atomic E-state index is -0.223. The standard InChI is InChI=1S/C26H29N3O4/c1-18(15-25(30)27-14-13-19-11-12-23(32-2)24(16-19)33-3)28-29-26(31)17-21-9-6-8-20-7-4-5-10-22(20)21/h4-12,16H,13-15,17H2,1-3H3,(H,27,30)(H,29,31). The van der Waals surface area contributed by atoms with E-state index in [4.69, 9.17) is 9.47 Å². The van der Waals surface area contributed by atoms with Crippen LogP contribution in [0.5, 0.6) is 11.5 Å². The summed E-state index contributed by atoms with van der Waals surface area (Å²) in [4.78, 5) is 24.5. The molecule has 0 fully saturated rings. The number of hydrogen-bond acceptors (Lipinski definition) is 5. The van der Waals surface area contributed by atoms with Crippen LogP contribution in [0.15, 0.2) is 65.8 Å². The molecule has 3 rings (SSSR count). The maximum Gasteiger partial charge on any atom is 0.244 e. The summed E-state index contributed by atoms with van der Waals surface area (Å²) < 4.78 is 10.5. The van der Waals surface area contributed by atoms with Gasteiger partial charge < -0.3 is 14.8 Å². The molecule has 0 aromatic heterocycles. The topological polar surface area (TPSA) is 89.0 Å². The van der Waals surface area contributed by atoms with E-state index in [1.54, 1.807) is 21.1 Å². The van der Waals surface area contributed by atoms with Gasteiger partial charge in [0, 0.05) is 12.3 Å². The van der Waals surface area contributed by atoms with Gasteiger partial charge in [0.1, 0.15) is 0 Å². The second-order valence-electron chi connectivity index (χ2n) is 7.66. The molecule has 0 atom stereocenters. The maximum atomic E-state index is 12.3. The number of amides is 2. The average molecular weight is 448 g/mol. The van der Waals surface area contributed by atoms with Gasteiger partial charge in [0.2, 0.25) is 11.8 Å². The Labute approximate surface area is 193 Å². The molecular formula is C26H29N3O4. The summed E-state index contributed by atoms with van der Waals surface area (Å²) in [5, 5.41) is 9.08. The van der Waals surface area contributed by atoms with Crippen molar-refractivity contribution in [2.45, 2.75) is 26.2 Å². The number of fused-ring (bicyclic) bond motifs is 1. The number of nitrogens with one attached hydrogen (secondary N) is 2. The highest BCUT2D eigenvalue weighted by Gasteiger charge is 2.09. The second kappa shape index (κ2) is 11.7. The van der Waals surface area contributed by atoms with Crippen LogP contribution in [0.4, 0.5) is 0 Å². The van der Waals surface area contributed by atoms with Gasteiger partial charge in [-0.3, -0.25) is 9.59 Å². The van der Waals surface area contributed by atoms with Crippen LogP contribution in [0.2, 0.25) is 0 Å². The van der Waals surface area contributed by atoms with Gasteiger partial charge in [0.05, 0.1) is 27.1 Å². The van der Waals surface area contributed by atoms with Gasteiger partial charge in [-0.05, 0) is 47.4 Å². The van der Waals surface area contributed by atoms with Gasteiger partial charge >= 0.3 is 0 Å². The molecule has 2 N–H and O–H groups in total. The SMILES string of the molecule is COc1ccc(CCNC(=O)CC(C)=NNC(=O)Cc2cccc3ccccc23)cc1OC. The molecule has 3 aromatic rings. The van der Waals surface area contributed by atoms with Crippen LogP contribution < -0.4 is 20.2 Å². The van der Waals surface area contributed by atoms with Crippen molar-refractivity contribution in [3.8, 4) is 11.5 Å². The third-order valence-corrected chi connectivity index (χ3v) is 5.20. The van der Waals surface area contributed by atoms with Crippen molar-refractivity contribution in [1.29, 1.82) is 0 Å². The van der Waals surface area contributed by atoms with E-state index in [0.717, 1.165) is 21.9 Å². The molecule has 0 aliphatic carbocycles. The fraction of sp³-hybridized carbons (Fsp3) is 0.269. The van der Waals surface area contributed by atoms with E-state index < -0.39 is 0 Å². The van der Waals surface area contributed by atoms with Crippen LogP contribution in [0.3, 0.4) is 0 Å². The lowest BCUT2D eigenvalue weighted by Gasteiger charge is -2.10. The van der Waals surface area contributed by atoms with E-state index in [1.165, 1.54) is 0 Å². The van der Waals surface area contributed by atoms with Crippen LogP contribution in [0, 0.1) is 0 Å². The zero-order chi connectivity index (χ0) is 23.6. The fourth-order valence-corrected chi connectivity index (χ4v) is 3.53. The van der Waals surface area contributed by atoms with Crippen LogP contribution in [-0.4, -0.2) is 38.3 Å². The molecule has 0 saturated heterocycles. The molecule has 2 amide bonds. The quantitative estimate of drug-likeness (QED) is 0.367. The normalized spacial score (nSPS) is 11.2. The van der Waals surface area contributed by atoms with E-state index >= 15 is 0 Å². The number of ether oxygens (including phenoxy) is 2. The predicted molar refractivity (Wildman–Crippen MR) is 130 cm³/mol. The van der Waals surface area contributed by atoms with Gasteiger partial charge in [-0.25, -0.2) is 5.43 Å². The van der Waals surface area contributed by atoms with Crippen LogP contribution in [0.25, 0.3) is 10.8 Å². The van der Waals surface area contributed by atoms with Crippen LogP contribution >= 0.6 is 0 Å². The van der Waals surface area contributed by atoms with E-state index in [2.05, 4.69) is 15.8 Å². The van der Waals surface area contributed by atoms with Crippen molar-refractivity contribution in [2.24, 2.45) is 5.10 Å². The lowest BCUT2D eigenvalue weighted by atomic mass is 10.0. The van der Waals surface area contributed by atoms with E-state index in [-0.39, 0.29) is 24.7 Å². The first-order valence-electron chi connectivity index (χ1n) is 10.8.